The summed E-state index contributed by atoms with van der Waals surface area (Å²) >= 11 is 0. The summed E-state index contributed by atoms with van der Waals surface area (Å²) in [7, 11) is 0. The molecule has 0 fully saturated rings. The number of nitrogens with one attached hydrogen (secondary N) is 3. The Labute approximate surface area is 170 Å². The van der Waals surface area contributed by atoms with E-state index in [9.17, 15) is 14.4 Å². The maximum absolute atomic E-state index is 12.3. The molecule has 1 aliphatic heterocycles. The summed E-state index contributed by atoms with van der Waals surface area (Å²) in [6.07, 6.45) is 1.80. The van der Waals surface area contributed by atoms with Gasteiger partial charge in [-0.1, -0.05) is 6.07 Å². The average Bonchev–Trinajstić information content (AvgIpc) is 3.11. The predicted octanol–water partition coefficient (Wildman–Crippen LogP) is 2.21. The Morgan fingerprint density at radius 1 is 1.07 bits per heavy atom. The quantitative estimate of drug-likeness (QED) is 0.439. The monoisotopic (exact) mass is 409 g/mol. The Balaban J connectivity index is 1.34. The maximum Gasteiger partial charge on any atom is 0.331 e. The van der Waals surface area contributed by atoms with Crippen molar-refractivity contribution < 1.29 is 23.8 Å². The number of anilines is 1. The molecule has 0 spiro atoms. The van der Waals surface area contributed by atoms with E-state index in [0.29, 0.717) is 41.4 Å². The van der Waals surface area contributed by atoms with Gasteiger partial charge >= 0.3 is 11.7 Å². The highest BCUT2D eigenvalue weighted by Gasteiger charge is 2.17. The Kier molecular flexibility index (Phi) is 5.25. The van der Waals surface area contributed by atoms with Crippen LogP contribution in [0.2, 0.25) is 0 Å². The fourth-order valence-electron chi connectivity index (χ4n) is 2.95. The van der Waals surface area contributed by atoms with Gasteiger partial charge in [-0.25, -0.2) is 9.59 Å². The highest BCUT2D eigenvalue weighted by atomic mass is 16.6. The molecule has 0 radical (unpaired) electrons. The number of amides is 1. The van der Waals surface area contributed by atoms with Crippen LogP contribution in [0.5, 0.6) is 11.5 Å². The molecule has 4 rings (SSSR count). The highest BCUT2D eigenvalue weighted by molar-refractivity contribution is 5.97. The molecule has 154 valence electrons. The summed E-state index contributed by atoms with van der Waals surface area (Å²) in [5.41, 5.74) is 2.06. The molecule has 1 aliphatic rings. The summed E-state index contributed by atoms with van der Waals surface area (Å²) in [4.78, 5) is 40.9. The molecule has 9 heteroatoms. The summed E-state index contributed by atoms with van der Waals surface area (Å²) in [5, 5.41) is 2.65. The van der Waals surface area contributed by atoms with Gasteiger partial charge in [0.2, 0.25) is 0 Å². The van der Waals surface area contributed by atoms with Crippen LogP contribution in [0.25, 0.3) is 17.1 Å². The van der Waals surface area contributed by atoms with Gasteiger partial charge < -0.3 is 29.5 Å². The Morgan fingerprint density at radius 3 is 2.67 bits per heavy atom. The Bertz CT molecular complexity index is 1190. The van der Waals surface area contributed by atoms with Crippen LogP contribution in [-0.2, 0) is 14.3 Å². The number of aromatic amines is 2. The third kappa shape index (κ3) is 4.35. The number of imidazole rings is 1. The van der Waals surface area contributed by atoms with Gasteiger partial charge in [0.05, 0.1) is 11.0 Å². The molecule has 30 heavy (non-hydrogen) atoms. The van der Waals surface area contributed by atoms with Crippen molar-refractivity contribution in [3.05, 3.63) is 58.5 Å². The Hall–Kier alpha value is -4.01. The fraction of sp³-hybridized carbons (Fsp3) is 0.190. The molecular weight excluding hydrogens is 390 g/mol. The van der Waals surface area contributed by atoms with Crippen LogP contribution in [0.3, 0.4) is 0 Å². The number of aromatic nitrogens is 2. The summed E-state index contributed by atoms with van der Waals surface area (Å²) in [5.74, 6) is 0.129. The molecule has 1 amide bonds. The SMILES string of the molecule is C[C@H](OC(=O)/C=C/c1ccc2c(c1)OCCO2)C(=O)Nc1ccc2[nH]c(=O)[nH]c2c1. The van der Waals surface area contributed by atoms with E-state index in [-0.39, 0.29) is 5.69 Å². The molecular formula is C21H19N3O6. The first-order chi connectivity index (χ1) is 14.5. The molecule has 1 aromatic heterocycles. The zero-order valence-electron chi connectivity index (χ0n) is 16.1. The largest absolute Gasteiger partial charge is 0.486 e. The van der Waals surface area contributed by atoms with Crippen LogP contribution in [0, 0.1) is 0 Å². The fourth-order valence-corrected chi connectivity index (χ4v) is 2.95. The molecule has 0 saturated heterocycles. The first-order valence-corrected chi connectivity index (χ1v) is 9.29. The van der Waals surface area contributed by atoms with E-state index < -0.39 is 18.0 Å². The first-order valence-electron chi connectivity index (χ1n) is 9.29. The number of benzene rings is 2. The van der Waals surface area contributed by atoms with Gasteiger partial charge in [0, 0.05) is 11.8 Å². The van der Waals surface area contributed by atoms with Crippen molar-refractivity contribution in [2.75, 3.05) is 18.5 Å². The van der Waals surface area contributed by atoms with Gasteiger partial charge in [0.25, 0.3) is 5.91 Å². The number of carbonyl (C=O) groups is 2. The van der Waals surface area contributed by atoms with E-state index in [1.54, 1.807) is 42.5 Å². The second-order valence-corrected chi connectivity index (χ2v) is 6.64. The van der Waals surface area contributed by atoms with E-state index in [2.05, 4.69) is 15.3 Å². The topological polar surface area (TPSA) is 123 Å². The zero-order chi connectivity index (χ0) is 21.1. The molecule has 0 bridgehead atoms. The van der Waals surface area contributed by atoms with E-state index in [0.717, 1.165) is 5.56 Å². The molecule has 0 aliphatic carbocycles. The molecule has 3 N–H and O–H groups in total. The van der Waals surface area contributed by atoms with Crippen molar-refractivity contribution in [2.24, 2.45) is 0 Å². The van der Waals surface area contributed by atoms with Crippen molar-refractivity contribution in [3.8, 4) is 11.5 Å². The molecule has 3 aromatic rings. The second kappa shape index (κ2) is 8.16. The number of hydrogen-bond donors (Lipinski definition) is 3. The number of esters is 1. The van der Waals surface area contributed by atoms with Crippen LogP contribution < -0.4 is 20.5 Å². The van der Waals surface area contributed by atoms with Crippen molar-refractivity contribution in [1.82, 2.24) is 9.97 Å². The third-order valence-electron chi connectivity index (χ3n) is 4.42. The van der Waals surface area contributed by atoms with Crippen LogP contribution in [0.4, 0.5) is 5.69 Å². The minimum absolute atomic E-state index is 0.333. The molecule has 0 saturated carbocycles. The smallest absolute Gasteiger partial charge is 0.331 e. The average molecular weight is 409 g/mol. The van der Waals surface area contributed by atoms with E-state index in [1.807, 2.05) is 0 Å². The summed E-state index contributed by atoms with van der Waals surface area (Å²) in [6, 6.07) is 10.2. The molecule has 2 heterocycles. The molecule has 1 atom stereocenters. The number of fused-ring (bicyclic) bond motifs is 2. The number of carbonyl (C=O) groups excluding carboxylic acids is 2. The van der Waals surface area contributed by atoms with Crippen LogP contribution >= 0.6 is 0 Å². The molecule has 0 unspecified atom stereocenters. The van der Waals surface area contributed by atoms with Gasteiger partial charge in [0.15, 0.2) is 17.6 Å². The van der Waals surface area contributed by atoms with Gasteiger partial charge in [0.1, 0.15) is 13.2 Å². The minimum atomic E-state index is -1.01. The molecule has 2 aromatic carbocycles. The van der Waals surface area contributed by atoms with E-state index in [4.69, 9.17) is 14.2 Å². The van der Waals surface area contributed by atoms with Crippen LogP contribution in [-0.4, -0.2) is 41.2 Å². The standard InChI is InChI=1S/C21H19N3O6/c1-12(20(26)22-14-4-5-15-16(11-14)24-21(27)23-15)30-19(25)7-3-13-2-6-17-18(10-13)29-9-8-28-17/h2-7,10-12H,8-9H2,1H3,(H,22,26)(H2,23,24,27)/b7-3+/t12-/m0/s1. The van der Waals surface area contributed by atoms with Gasteiger partial charge in [-0.2, -0.15) is 0 Å². The van der Waals surface area contributed by atoms with Crippen LogP contribution in [0.1, 0.15) is 12.5 Å². The van der Waals surface area contributed by atoms with Crippen LogP contribution in [0.15, 0.2) is 47.3 Å². The normalized spacial score (nSPS) is 13.9. The number of ether oxygens (including phenoxy) is 3. The second-order valence-electron chi connectivity index (χ2n) is 6.64. The highest BCUT2D eigenvalue weighted by Crippen LogP contribution is 2.31. The van der Waals surface area contributed by atoms with Crippen molar-refractivity contribution in [1.29, 1.82) is 0 Å². The summed E-state index contributed by atoms with van der Waals surface area (Å²) in [6.45, 7) is 2.45. The minimum Gasteiger partial charge on any atom is -0.486 e. The number of H-pyrrole nitrogens is 2. The third-order valence-corrected chi connectivity index (χ3v) is 4.42. The lowest BCUT2D eigenvalue weighted by Crippen LogP contribution is -2.29. The molecule has 9 nitrogen and oxygen atoms in total. The Morgan fingerprint density at radius 2 is 1.83 bits per heavy atom. The maximum atomic E-state index is 12.3. The number of hydrogen-bond acceptors (Lipinski definition) is 6. The summed E-state index contributed by atoms with van der Waals surface area (Å²) < 4.78 is 16.1. The van der Waals surface area contributed by atoms with Gasteiger partial charge in [-0.05, 0) is 48.9 Å². The lowest BCUT2D eigenvalue weighted by atomic mass is 10.2. The lowest BCUT2D eigenvalue weighted by molar-refractivity contribution is -0.148. The van der Waals surface area contributed by atoms with Gasteiger partial charge in [-0.3, -0.25) is 4.79 Å². The predicted molar refractivity (Wildman–Crippen MR) is 110 cm³/mol. The lowest BCUT2D eigenvalue weighted by Gasteiger charge is -2.18. The zero-order valence-corrected chi connectivity index (χ0v) is 16.1. The van der Waals surface area contributed by atoms with E-state index in [1.165, 1.54) is 13.0 Å². The van der Waals surface area contributed by atoms with Crippen molar-refractivity contribution >= 4 is 34.7 Å². The van der Waals surface area contributed by atoms with E-state index >= 15 is 0 Å². The number of rotatable bonds is 5. The van der Waals surface area contributed by atoms with Gasteiger partial charge in [-0.15, -0.1) is 0 Å². The van der Waals surface area contributed by atoms with Crippen molar-refractivity contribution in [2.45, 2.75) is 13.0 Å². The first kappa shape index (κ1) is 19.3. The van der Waals surface area contributed by atoms with Crippen molar-refractivity contribution in [3.63, 3.8) is 0 Å².